The molecule has 0 radical (unpaired) electrons. The predicted octanol–water partition coefficient (Wildman–Crippen LogP) is 0.685. The van der Waals surface area contributed by atoms with Crippen molar-refractivity contribution < 1.29 is 24.4 Å². The van der Waals surface area contributed by atoms with Crippen LogP contribution in [0.15, 0.2) is 38.0 Å². The van der Waals surface area contributed by atoms with Crippen LogP contribution in [0.5, 0.6) is 0 Å². The lowest BCUT2D eigenvalue weighted by atomic mass is 10.1. The smallest absolute Gasteiger partial charge is 0.115 e. The summed E-state index contributed by atoms with van der Waals surface area (Å²) in [7, 11) is 0. The van der Waals surface area contributed by atoms with E-state index in [1.807, 2.05) is 0 Å². The van der Waals surface area contributed by atoms with Crippen LogP contribution < -0.4 is 0 Å². The van der Waals surface area contributed by atoms with Crippen molar-refractivity contribution in [1.29, 1.82) is 0 Å². The van der Waals surface area contributed by atoms with E-state index in [0.717, 1.165) is 0 Å². The van der Waals surface area contributed by atoms with E-state index in [1.54, 1.807) is 18.2 Å². The summed E-state index contributed by atoms with van der Waals surface area (Å²) in [5, 5.41) is 18.7. The molecule has 0 rings (SSSR count). The van der Waals surface area contributed by atoms with Gasteiger partial charge in [0.1, 0.15) is 18.3 Å². The maximum atomic E-state index is 9.37. The predicted molar refractivity (Wildman–Crippen MR) is 74.0 cm³/mol. The largest absolute Gasteiger partial charge is 0.394 e. The molecule has 0 aromatic rings. The summed E-state index contributed by atoms with van der Waals surface area (Å²) >= 11 is 0. The zero-order valence-electron chi connectivity index (χ0n) is 11.2. The summed E-state index contributed by atoms with van der Waals surface area (Å²) in [6.07, 6.45) is 2.90. The third-order valence-electron chi connectivity index (χ3n) is 2.36. The minimum Gasteiger partial charge on any atom is -0.394 e. The fourth-order valence-electron chi connectivity index (χ4n) is 1.52. The van der Waals surface area contributed by atoms with E-state index in [9.17, 15) is 10.2 Å². The van der Waals surface area contributed by atoms with Gasteiger partial charge in [-0.15, -0.1) is 19.7 Å². The van der Waals surface area contributed by atoms with Crippen molar-refractivity contribution in [3.8, 4) is 0 Å². The number of aliphatic hydroxyl groups is 2. The molecule has 0 bridgehead atoms. The van der Waals surface area contributed by atoms with Gasteiger partial charge in [0.25, 0.3) is 0 Å². The third kappa shape index (κ3) is 7.25. The highest BCUT2D eigenvalue weighted by molar-refractivity contribution is 4.83. The second-order valence-electron chi connectivity index (χ2n) is 3.77. The molecule has 0 heterocycles. The van der Waals surface area contributed by atoms with Crippen molar-refractivity contribution in [1.82, 2.24) is 0 Å². The Balaban J connectivity index is 4.72. The first-order valence-electron chi connectivity index (χ1n) is 6.14. The van der Waals surface area contributed by atoms with Gasteiger partial charge in [0.2, 0.25) is 0 Å². The van der Waals surface area contributed by atoms with Crippen LogP contribution in [-0.2, 0) is 14.2 Å². The van der Waals surface area contributed by atoms with E-state index in [0.29, 0.717) is 0 Å². The fraction of sp³-hybridized carbons (Fsp3) is 0.571. The molecule has 0 fully saturated rings. The molecule has 0 aliphatic rings. The highest BCUT2D eigenvalue weighted by atomic mass is 16.6. The summed E-state index contributed by atoms with van der Waals surface area (Å²) in [4.78, 5) is 0. The SMILES string of the molecule is C=CCOC([C@H](CO)OCC=C)[C@@H](CO)OCC=C. The summed E-state index contributed by atoms with van der Waals surface area (Å²) in [6, 6.07) is 0. The van der Waals surface area contributed by atoms with Gasteiger partial charge in [0.05, 0.1) is 33.0 Å². The van der Waals surface area contributed by atoms with Crippen LogP contribution in [0, 0.1) is 0 Å². The molecule has 0 aromatic carbocycles. The Morgan fingerprint density at radius 3 is 1.42 bits per heavy atom. The third-order valence-corrected chi connectivity index (χ3v) is 2.36. The first kappa shape index (κ1) is 18.0. The first-order valence-corrected chi connectivity index (χ1v) is 6.14. The molecule has 0 amide bonds. The van der Waals surface area contributed by atoms with Crippen LogP contribution in [0.1, 0.15) is 0 Å². The quantitative estimate of drug-likeness (QED) is 0.483. The Labute approximate surface area is 114 Å². The lowest BCUT2D eigenvalue weighted by Crippen LogP contribution is -2.46. The van der Waals surface area contributed by atoms with Crippen LogP contribution in [-0.4, -0.2) is 61.6 Å². The molecule has 0 saturated heterocycles. The first-order chi connectivity index (χ1) is 9.24. The van der Waals surface area contributed by atoms with Crippen molar-refractivity contribution in [2.75, 3.05) is 33.0 Å². The van der Waals surface area contributed by atoms with Gasteiger partial charge in [-0.1, -0.05) is 18.2 Å². The van der Waals surface area contributed by atoms with E-state index in [-0.39, 0.29) is 33.0 Å². The number of aliphatic hydroxyl groups excluding tert-OH is 2. The van der Waals surface area contributed by atoms with Crippen LogP contribution in [0.2, 0.25) is 0 Å². The van der Waals surface area contributed by atoms with Gasteiger partial charge in [-0.2, -0.15) is 0 Å². The molecule has 1 unspecified atom stereocenters. The molecular formula is C14H24O5. The maximum absolute atomic E-state index is 9.37. The fourth-order valence-corrected chi connectivity index (χ4v) is 1.52. The van der Waals surface area contributed by atoms with Gasteiger partial charge < -0.3 is 24.4 Å². The second kappa shape index (κ2) is 12.1. The van der Waals surface area contributed by atoms with Gasteiger partial charge in [-0.05, 0) is 0 Å². The number of hydrogen-bond acceptors (Lipinski definition) is 5. The molecule has 5 nitrogen and oxygen atoms in total. The van der Waals surface area contributed by atoms with E-state index < -0.39 is 18.3 Å². The van der Waals surface area contributed by atoms with Crippen LogP contribution >= 0.6 is 0 Å². The molecule has 0 aliphatic heterocycles. The molecule has 2 N–H and O–H groups in total. The van der Waals surface area contributed by atoms with Crippen LogP contribution in [0.3, 0.4) is 0 Å². The average molecular weight is 272 g/mol. The molecule has 3 atom stereocenters. The summed E-state index contributed by atoms with van der Waals surface area (Å²) in [5.41, 5.74) is 0. The Morgan fingerprint density at radius 2 is 1.11 bits per heavy atom. The Bertz CT molecular complexity index is 234. The summed E-state index contributed by atoms with van der Waals surface area (Å²) in [5.74, 6) is 0. The zero-order chi connectivity index (χ0) is 14.5. The summed E-state index contributed by atoms with van der Waals surface area (Å²) < 4.78 is 16.4. The van der Waals surface area contributed by atoms with E-state index in [4.69, 9.17) is 14.2 Å². The Kier molecular flexibility index (Phi) is 11.5. The van der Waals surface area contributed by atoms with E-state index >= 15 is 0 Å². The number of hydrogen-bond donors (Lipinski definition) is 2. The Morgan fingerprint density at radius 1 is 0.737 bits per heavy atom. The van der Waals surface area contributed by atoms with Crippen molar-refractivity contribution in [2.24, 2.45) is 0 Å². The molecule has 0 aromatic heterocycles. The molecule has 0 spiro atoms. The topological polar surface area (TPSA) is 68.2 Å². The zero-order valence-corrected chi connectivity index (χ0v) is 11.2. The van der Waals surface area contributed by atoms with Gasteiger partial charge in [0.15, 0.2) is 0 Å². The number of ether oxygens (including phenoxy) is 3. The molecule has 5 heteroatoms. The van der Waals surface area contributed by atoms with E-state index in [1.165, 1.54) is 0 Å². The van der Waals surface area contributed by atoms with Crippen molar-refractivity contribution in [3.05, 3.63) is 38.0 Å². The van der Waals surface area contributed by atoms with Gasteiger partial charge in [-0.3, -0.25) is 0 Å². The van der Waals surface area contributed by atoms with Gasteiger partial charge >= 0.3 is 0 Å². The highest BCUT2D eigenvalue weighted by Gasteiger charge is 2.31. The lowest BCUT2D eigenvalue weighted by molar-refractivity contribution is -0.148. The van der Waals surface area contributed by atoms with E-state index in [2.05, 4.69) is 19.7 Å². The minimum absolute atomic E-state index is 0.246. The normalized spacial score (nSPS) is 15.5. The summed E-state index contributed by atoms with van der Waals surface area (Å²) in [6.45, 7) is 11.0. The molecular weight excluding hydrogens is 248 g/mol. The van der Waals surface area contributed by atoms with Gasteiger partial charge in [0, 0.05) is 0 Å². The molecule has 110 valence electrons. The van der Waals surface area contributed by atoms with Gasteiger partial charge in [-0.25, -0.2) is 0 Å². The maximum Gasteiger partial charge on any atom is 0.115 e. The lowest BCUT2D eigenvalue weighted by Gasteiger charge is -2.31. The second-order valence-corrected chi connectivity index (χ2v) is 3.77. The highest BCUT2D eigenvalue weighted by Crippen LogP contribution is 2.13. The molecule has 0 saturated carbocycles. The van der Waals surface area contributed by atoms with Crippen molar-refractivity contribution >= 4 is 0 Å². The van der Waals surface area contributed by atoms with Crippen LogP contribution in [0.25, 0.3) is 0 Å². The monoisotopic (exact) mass is 272 g/mol. The minimum atomic E-state index is -0.611. The number of rotatable bonds is 13. The molecule has 19 heavy (non-hydrogen) atoms. The van der Waals surface area contributed by atoms with Crippen molar-refractivity contribution in [2.45, 2.75) is 18.3 Å². The van der Waals surface area contributed by atoms with Crippen LogP contribution in [0.4, 0.5) is 0 Å². The van der Waals surface area contributed by atoms with Crippen molar-refractivity contribution in [3.63, 3.8) is 0 Å². The average Bonchev–Trinajstić information content (AvgIpc) is 2.44. The Hall–Kier alpha value is -0.980. The molecule has 0 aliphatic carbocycles. The standard InChI is InChI=1S/C14H24O5/c1-4-7-17-12(10-15)14(19-9-6-3)13(11-16)18-8-5-2/h4-6,12-16H,1-3,7-11H2/t12-,13+,14?.